The molecule has 0 saturated carbocycles. The van der Waals surface area contributed by atoms with E-state index in [1.165, 1.54) is 7.11 Å². The minimum absolute atomic E-state index is 0.367. The molecule has 1 unspecified atom stereocenters. The zero-order chi connectivity index (χ0) is 20.4. The van der Waals surface area contributed by atoms with E-state index >= 15 is 0 Å². The normalized spacial score (nSPS) is 12.1. The van der Waals surface area contributed by atoms with Crippen molar-refractivity contribution < 1.29 is 9.53 Å². The maximum atomic E-state index is 13.0. The molecule has 4 rings (SSSR count). The molecular formula is C24H23N3O2. The van der Waals surface area contributed by atoms with E-state index < -0.39 is 5.92 Å². The summed E-state index contributed by atoms with van der Waals surface area (Å²) in [5.41, 5.74) is 3.72. The summed E-state index contributed by atoms with van der Waals surface area (Å²) in [4.78, 5) is 22.3. The molecule has 146 valence electrons. The number of hydrogen-bond donors (Lipinski definition) is 0. The largest absolute Gasteiger partial charge is 0.468 e. The third-order valence-electron chi connectivity index (χ3n) is 5.34. The van der Waals surface area contributed by atoms with Crippen LogP contribution in [0.2, 0.25) is 0 Å². The molecule has 0 bridgehead atoms. The van der Waals surface area contributed by atoms with Gasteiger partial charge in [0, 0.05) is 23.8 Å². The summed E-state index contributed by atoms with van der Waals surface area (Å²) in [5.74, 6) is -0.421. The number of aryl methyl sites for hydroxylation is 1. The van der Waals surface area contributed by atoms with Crippen LogP contribution in [0.4, 0.5) is 0 Å². The summed E-state index contributed by atoms with van der Waals surface area (Å²) in [5, 5.41) is 1.95. The Bertz CT molecular complexity index is 1160. The standard InChI is InChI=1S/C24H23N3O2/c1-16-17(2)27(15-18-9-5-4-6-10-18)23(26-16)21(24(28)29-3)22-20-12-8-7-11-19(20)13-14-25-22/h4-14,21H,15H2,1-3H3. The molecule has 0 saturated heterocycles. The number of esters is 1. The highest BCUT2D eigenvalue weighted by molar-refractivity contribution is 5.91. The number of carbonyl (C=O) groups excluding carboxylic acids is 1. The van der Waals surface area contributed by atoms with Crippen molar-refractivity contribution in [3.8, 4) is 0 Å². The number of aromatic nitrogens is 3. The summed E-state index contributed by atoms with van der Waals surface area (Å²) in [6, 6.07) is 20.0. The molecule has 0 spiro atoms. The summed E-state index contributed by atoms with van der Waals surface area (Å²) in [6.07, 6.45) is 1.73. The van der Waals surface area contributed by atoms with Gasteiger partial charge in [-0.1, -0.05) is 54.6 Å². The van der Waals surface area contributed by atoms with E-state index in [9.17, 15) is 4.79 Å². The molecule has 0 fully saturated rings. The summed E-state index contributed by atoms with van der Waals surface area (Å²) >= 11 is 0. The van der Waals surface area contributed by atoms with E-state index in [-0.39, 0.29) is 5.97 Å². The first-order valence-electron chi connectivity index (χ1n) is 9.59. The minimum Gasteiger partial charge on any atom is -0.468 e. The van der Waals surface area contributed by atoms with Gasteiger partial charge in [0.2, 0.25) is 0 Å². The summed E-state index contributed by atoms with van der Waals surface area (Å²) in [6.45, 7) is 4.62. The first kappa shape index (κ1) is 18.9. The Morgan fingerprint density at radius 1 is 1.03 bits per heavy atom. The Labute approximate surface area is 170 Å². The molecule has 29 heavy (non-hydrogen) atoms. The second kappa shape index (κ2) is 7.87. The Morgan fingerprint density at radius 3 is 2.52 bits per heavy atom. The van der Waals surface area contributed by atoms with Crippen molar-refractivity contribution >= 4 is 16.7 Å². The van der Waals surface area contributed by atoms with Gasteiger partial charge in [0.05, 0.1) is 18.5 Å². The van der Waals surface area contributed by atoms with Crippen LogP contribution in [-0.4, -0.2) is 27.6 Å². The number of methoxy groups -OCH3 is 1. The lowest BCUT2D eigenvalue weighted by Gasteiger charge is -2.18. The maximum absolute atomic E-state index is 13.0. The predicted octanol–water partition coefficient (Wildman–Crippen LogP) is 4.40. The number of imidazole rings is 1. The van der Waals surface area contributed by atoms with Gasteiger partial charge >= 0.3 is 5.97 Å². The van der Waals surface area contributed by atoms with Gasteiger partial charge in [-0.2, -0.15) is 0 Å². The zero-order valence-electron chi connectivity index (χ0n) is 16.8. The molecule has 2 heterocycles. The monoisotopic (exact) mass is 385 g/mol. The molecule has 4 aromatic rings. The van der Waals surface area contributed by atoms with Gasteiger partial charge in [0.15, 0.2) is 5.92 Å². The van der Waals surface area contributed by atoms with Crippen LogP contribution in [0, 0.1) is 13.8 Å². The van der Waals surface area contributed by atoms with Crippen LogP contribution in [0.15, 0.2) is 66.9 Å². The smallest absolute Gasteiger partial charge is 0.322 e. The average Bonchev–Trinajstić information content (AvgIpc) is 3.03. The van der Waals surface area contributed by atoms with E-state index in [0.717, 1.165) is 27.7 Å². The predicted molar refractivity (Wildman–Crippen MR) is 113 cm³/mol. The van der Waals surface area contributed by atoms with Crippen molar-refractivity contribution in [1.29, 1.82) is 0 Å². The number of rotatable bonds is 5. The Balaban J connectivity index is 1.91. The van der Waals surface area contributed by atoms with Crippen molar-refractivity contribution in [2.75, 3.05) is 7.11 Å². The van der Waals surface area contributed by atoms with E-state index in [0.29, 0.717) is 18.1 Å². The highest BCUT2D eigenvalue weighted by atomic mass is 16.5. The maximum Gasteiger partial charge on any atom is 0.322 e. The molecular weight excluding hydrogens is 362 g/mol. The van der Waals surface area contributed by atoms with Crippen molar-refractivity contribution in [2.45, 2.75) is 26.3 Å². The van der Waals surface area contributed by atoms with Crippen molar-refractivity contribution in [3.05, 3.63) is 95.3 Å². The molecule has 2 aromatic carbocycles. The zero-order valence-corrected chi connectivity index (χ0v) is 16.8. The van der Waals surface area contributed by atoms with Gasteiger partial charge in [-0.05, 0) is 30.9 Å². The van der Waals surface area contributed by atoms with Crippen LogP contribution >= 0.6 is 0 Å². The fourth-order valence-corrected chi connectivity index (χ4v) is 3.70. The van der Waals surface area contributed by atoms with Crippen molar-refractivity contribution in [2.24, 2.45) is 0 Å². The number of pyridine rings is 1. The quantitative estimate of drug-likeness (QED) is 0.478. The summed E-state index contributed by atoms with van der Waals surface area (Å²) in [7, 11) is 1.41. The fourth-order valence-electron chi connectivity index (χ4n) is 3.70. The van der Waals surface area contributed by atoms with Gasteiger partial charge in [0.25, 0.3) is 0 Å². The second-order valence-corrected chi connectivity index (χ2v) is 7.09. The molecule has 1 atom stereocenters. The Hall–Kier alpha value is -3.47. The first-order chi connectivity index (χ1) is 14.1. The number of nitrogens with zero attached hydrogens (tertiary/aromatic N) is 3. The molecule has 0 aliphatic carbocycles. The topological polar surface area (TPSA) is 57.0 Å². The lowest BCUT2D eigenvalue weighted by atomic mass is 9.98. The van der Waals surface area contributed by atoms with Gasteiger partial charge in [-0.3, -0.25) is 9.78 Å². The molecule has 2 aromatic heterocycles. The number of hydrogen-bond acceptors (Lipinski definition) is 4. The second-order valence-electron chi connectivity index (χ2n) is 7.09. The molecule has 0 N–H and O–H groups in total. The Kier molecular flexibility index (Phi) is 5.12. The fraction of sp³-hybridized carbons (Fsp3) is 0.208. The van der Waals surface area contributed by atoms with Crippen LogP contribution in [0.5, 0.6) is 0 Å². The van der Waals surface area contributed by atoms with Gasteiger partial charge in [-0.15, -0.1) is 0 Å². The van der Waals surface area contributed by atoms with Crippen LogP contribution in [0.25, 0.3) is 10.8 Å². The van der Waals surface area contributed by atoms with Crippen LogP contribution in [0.1, 0.15) is 34.4 Å². The third kappa shape index (κ3) is 3.51. The number of ether oxygens (including phenoxy) is 1. The highest BCUT2D eigenvalue weighted by Gasteiger charge is 2.32. The highest BCUT2D eigenvalue weighted by Crippen LogP contribution is 2.31. The van der Waals surface area contributed by atoms with Crippen LogP contribution in [-0.2, 0) is 16.1 Å². The third-order valence-corrected chi connectivity index (χ3v) is 5.34. The first-order valence-corrected chi connectivity index (χ1v) is 9.59. The van der Waals surface area contributed by atoms with E-state index in [1.807, 2.05) is 62.4 Å². The lowest BCUT2D eigenvalue weighted by Crippen LogP contribution is -2.22. The molecule has 0 aliphatic rings. The van der Waals surface area contributed by atoms with Crippen LogP contribution < -0.4 is 0 Å². The molecule has 0 amide bonds. The van der Waals surface area contributed by atoms with Gasteiger partial charge < -0.3 is 9.30 Å². The minimum atomic E-state index is -0.706. The number of carbonyl (C=O) groups is 1. The lowest BCUT2D eigenvalue weighted by molar-refractivity contribution is -0.141. The number of fused-ring (bicyclic) bond motifs is 1. The van der Waals surface area contributed by atoms with Crippen LogP contribution in [0.3, 0.4) is 0 Å². The van der Waals surface area contributed by atoms with E-state index in [4.69, 9.17) is 9.72 Å². The summed E-state index contributed by atoms with van der Waals surface area (Å²) < 4.78 is 7.29. The van der Waals surface area contributed by atoms with E-state index in [2.05, 4.69) is 21.7 Å². The molecule has 0 aliphatic heterocycles. The Morgan fingerprint density at radius 2 is 1.76 bits per heavy atom. The van der Waals surface area contributed by atoms with Gasteiger partial charge in [-0.25, -0.2) is 4.98 Å². The van der Waals surface area contributed by atoms with Crippen molar-refractivity contribution in [3.63, 3.8) is 0 Å². The average molecular weight is 385 g/mol. The SMILES string of the molecule is COC(=O)C(c1nccc2ccccc12)c1nc(C)c(C)n1Cc1ccccc1. The van der Waals surface area contributed by atoms with Crippen molar-refractivity contribution in [1.82, 2.24) is 14.5 Å². The molecule has 5 heteroatoms. The number of benzene rings is 2. The van der Waals surface area contributed by atoms with E-state index in [1.54, 1.807) is 6.20 Å². The molecule has 5 nitrogen and oxygen atoms in total. The van der Waals surface area contributed by atoms with Gasteiger partial charge in [0.1, 0.15) is 5.82 Å². The molecule has 0 radical (unpaired) electrons.